The molecule has 0 saturated heterocycles. The number of rotatable bonds is 13. The van der Waals surface area contributed by atoms with E-state index in [0.717, 1.165) is 17.1 Å². The summed E-state index contributed by atoms with van der Waals surface area (Å²) in [5.41, 5.74) is 6.53. The molecule has 12 nitrogen and oxygen atoms in total. The van der Waals surface area contributed by atoms with Crippen LogP contribution in [0.1, 0.15) is 43.6 Å². The number of nitrogens with zero attached hydrogens (tertiary/aromatic N) is 2. The highest BCUT2D eigenvalue weighted by atomic mass is 16.6. The lowest BCUT2D eigenvalue weighted by Gasteiger charge is -2.14. The third-order valence-electron chi connectivity index (χ3n) is 7.30. The molecule has 0 saturated carbocycles. The van der Waals surface area contributed by atoms with Crippen LogP contribution in [-0.4, -0.2) is 51.1 Å². The third kappa shape index (κ3) is 7.44. The van der Waals surface area contributed by atoms with E-state index in [9.17, 15) is 9.59 Å². The van der Waals surface area contributed by atoms with Gasteiger partial charge in [-0.3, -0.25) is 4.79 Å². The Balaban J connectivity index is 1.16. The molecular formula is C36H35N3O9. The van der Waals surface area contributed by atoms with Crippen LogP contribution in [-0.2, 0) is 6.61 Å². The Morgan fingerprint density at radius 1 is 0.771 bits per heavy atom. The standard InChI is InChI=1S/C36H35N3O9/c1-22-7-8-23(2)39(22)26-10-12-27(13-11-26)46-21-28-14-16-30(47-28)35(40)38-37-20-24-9-15-29(31(17-24)42-3)48-36(41)25-18-32(43-4)34(45-6)33(19-25)44-5/h7-20H,21H2,1-6H3,(H,38,40)/b37-20+. The smallest absolute Gasteiger partial charge is 0.343 e. The predicted molar refractivity (Wildman–Crippen MR) is 177 cm³/mol. The van der Waals surface area contributed by atoms with Gasteiger partial charge in [0.2, 0.25) is 5.75 Å². The van der Waals surface area contributed by atoms with Gasteiger partial charge < -0.3 is 37.4 Å². The number of furan rings is 1. The SMILES string of the molecule is COc1cc(/C=N/NC(=O)c2ccc(COc3ccc(-n4c(C)ccc4C)cc3)o2)ccc1OC(=O)c1cc(OC)c(OC)c(OC)c1. The normalized spacial score (nSPS) is 10.9. The second-order valence-electron chi connectivity index (χ2n) is 10.4. The first-order valence-corrected chi connectivity index (χ1v) is 14.7. The van der Waals surface area contributed by atoms with Crippen LogP contribution >= 0.6 is 0 Å². The number of aromatic nitrogens is 1. The topological polar surface area (TPSA) is 132 Å². The van der Waals surface area contributed by atoms with E-state index in [0.29, 0.717) is 34.3 Å². The monoisotopic (exact) mass is 653 g/mol. The number of hydrazone groups is 1. The maximum atomic E-state index is 13.0. The van der Waals surface area contributed by atoms with Crippen LogP contribution in [0.15, 0.2) is 88.4 Å². The molecule has 0 aliphatic rings. The average Bonchev–Trinajstić information content (AvgIpc) is 3.72. The van der Waals surface area contributed by atoms with Gasteiger partial charge in [-0.25, -0.2) is 10.2 Å². The Bertz CT molecular complexity index is 1900. The number of hydrogen-bond acceptors (Lipinski definition) is 10. The van der Waals surface area contributed by atoms with Crippen LogP contribution in [0, 0.1) is 13.8 Å². The fourth-order valence-electron chi connectivity index (χ4n) is 4.93. The molecule has 0 aliphatic heterocycles. The lowest BCUT2D eigenvalue weighted by molar-refractivity contribution is 0.0728. The summed E-state index contributed by atoms with van der Waals surface area (Å²) < 4.78 is 40.6. The Hall–Kier alpha value is -6.17. The van der Waals surface area contributed by atoms with Crippen molar-refractivity contribution in [2.24, 2.45) is 5.10 Å². The molecule has 0 aliphatic carbocycles. The molecule has 0 bridgehead atoms. The van der Waals surface area contributed by atoms with Gasteiger partial charge in [0.1, 0.15) is 18.1 Å². The van der Waals surface area contributed by atoms with Gasteiger partial charge in [-0.2, -0.15) is 5.10 Å². The van der Waals surface area contributed by atoms with E-state index in [2.05, 4.69) is 41.1 Å². The maximum absolute atomic E-state index is 13.0. The van der Waals surface area contributed by atoms with Crippen molar-refractivity contribution >= 4 is 18.1 Å². The number of ether oxygens (including phenoxy) is 6. The Kier molecular flexibility index (Phi) is 10.3. The minimum atomic E-state index is -0.666. The fraction of sp³-hybridized carbons (Fsp3) is 0.194. The van der Waals surface area contributed by atoms with Gasteiger partial charge in [-0.15, -0.1) is 0 Å². The van der Waals surface area contributed by atoms with Crippen molar-refractivity contribution in [3.05, 3.63) is 113 Å². The number of amides is 1. The molecule has 5 rings (SSSR count). The number of benzene rings is 3. The van der Waals surface area contributed by atoms with E-state index < -0.39 is 11.9 Å². The summed E-state index contributed by atoms with van der Waals surface area (Å²) in [4.78, 5) is 25.6. The molecular weight excluding hydrogens is 618 g/mol. The fourth-order valence-corrected chi connectivity index (χ4v) is 4.93. The lowest BCUT2D eigenvalue weighted by atomic mass is 10.1. The van der Waals surface area contributed by atoms with Crippen LogP contribution in [0.3, 0.4) is 0 Å². The molecule has 0 atom stereocenters. The molecule has 0 spiro atoms. The van der Waals surface area contributed by atoms with Gasteiger partial charge in [0.25, 0.3) is 0 Å². The van der Waals surface area contributed by atoms with Crippen molar-refractivity contribution in [2.45, 2.75) is 20.5 Å². The highest BCUT2D eigenvalue weighted by molar-refractivity contribution is 5.94. The van der Waals surface area contributed by atoms with Crippen molar-refractivity contribution in [1.82, 2.24) is 9.99 Å². The van der Waals surface area contributed by atoms with Crippen molar-refractivity contribution < 1.29 is 42.4 Å². The van der Waals surface area contributed by atoms with E-state index >= 15 is 0 Å². The number of methoxy groups -OCH3 is 4. The molecule has 5 aromatic rings. The molecule has 12 heteroatoms. The van der Waals surface area contributed by atoms with Gasteiger partial charge in [0.05, 0.1) is 40.2 Å². The van der Waals surface area contributed by atoms with E-state index in [1.165, 1.54) is 46.8 Å². The number of aryl methyl sites for hydroxylation is 2. The van der Waals surface area contributed by atoms with Crippen molar-refractivity contribution in [2.75, 3.05) is 28.4 Å². The zero-order chi connectivity index (χ0) is 34.2. The summed E-state index contributed by atoms with van der Waals surface area (Å²) in [5, 5.41) is 4.01. The molecule has 0 fully saturated rings. The van der Waals surface area contributed by atoms with Crippen molar-refractivity contribution in [3.63, 3.8) is 0 Å². The van der Waals surface area contributed by atoms with Gasteiger partial charge in [-0.05, 0) is 98.3 Å². The second-order valence-corrected chi connectivity index (χ2v) is 10.4. The largest absolute Gasteiger partial charge is 0.493 e. The summed E-state index contributed by atoms with van der Waals surface area (Å²) in [6, 6.07) is 22.9. The third-order valence-corrected chi connectivity index (χ3v) is 7.30. The molecule has 48 heavy (non-hydrogen) atoms. The minimum Gasteiger partial charge on any atom is -0.493 e. The molecule has 3 aromatic carbocycles. The highest BCUT2D eigenvalue weighted by Crippen LogP contribution is 2.39. The number of carbonyl (C=O) groups is 2. The van der Waals surface area contributed by atoms with Crippen LogP contribution in [0.25, 0.3) is 5.69 Å². The van der Waals surface area contributed by atoms with E-state index in [4.69, 9.17) is 32.8 Å². The van der Waals surface area contributed by atoms with Crippen LogP contribution in [0.2, 0.25) is 0 Å². The molecule has 248 valence electrons. The summed E-state index contributed by atoms with van der Waals surface area (Å²) in [6.07, 6.45) is 1.42. The molecule has 2 heterocycles. The van der Waals surface area contributed by atoms with Gasteiger partial charge >= 0.3 is 11.9 Å². The zero-order valence-corrected chi connectivity index (χ0v) is 27.4. The predicted octanol–water partition coefficient (Wildman–Crippen LogP) is 6.28. The van der Waals surface area contributed by atoms with Crippen LogP contribution < -0.4 is 33.8 Å². The van der Waals surface area contributed by atoms with Crippen LogP contribution in [0.5, 0.6) is 34.5 Å². The molecule has 1 N–H and O–H groups in total. The average molecular weight is 654 g/mol. The zero-order valence-electron chi connectivity index (χ0n) is 27.4. The highest BCUT2D eigenvalue weighted by Gasteiger charge is 2.20. The number of hydrogen-bond donors (Lipinski definition) is 1. The lowest BCUT2D eigenvalue weighted by Crippen LogP contribution is -2.16. The minimum absolute atomic E-state index is 0.0753. The first-order chi connectivity index (χ1) is 23.2. The summed E-state index contributed by atoms with van der Waals surface area (Å²) in [7, 11) is 5.81. The van der Waals surface area contributed by atoms with E-state index in [-0.39, 0.29) is 29.4 Å². The molecule has 0 radical (unpaired) electrons. The van der Waals surface area contributed by atoms with Gasteiger partial charge in [0.15, 0.2) is 28.8 Å². The second kappa shape index (κ2) is 14.9. The summed E-state index contributed by atoms with van der Waals surface area (Å²) in [6.45, 7) is 4.27. The number of esters is 1. The maximum Gasteiger partial charge on any atom is 0.343 e. The first-order valence-electron chi connectivity index (χ1n) is 14.7. The van der Waals surface area contributed by atoms with Gasteiger partial charge in [-0.1, -0.05) is 0 Å². The van der Waals surface area contributed by atoms with Crippen molar-refractivity contribution in [1.29, 1.82) is 0 Å². The molecule has 1 amide bonds. The Morgan fingerprint density at radius 2 is 1.44 bits per heavy atom. The first kappa shape index (κ1) is 33.2. The summed E-state index contributed by atoms with van der Waals surface area (Å²) >= 11 is 0. The quantitative estimate of drug-likeness (QED) is 0.0675. The summed E-state index contributed by atoms with van der Waals surface area (Å²) in [5.74, 6) is 1.43. The number of carbonyl (C=O) groups excluding carboxylic acids is 2. The molecule has 2 aromatic heterocycles. The Labute approximate surface area is 277 Å². The van der Waals surface area contributed by atoms with E-state index in [1.54, 1.807) is 30.3 Å². The van der Waals surface area contributed by atoms with E-state index in [1.807, 2.05) is 24.3 Å². The number of nitrogens with one attached hydrogen (secondary N) is 1. The van der Waals surface area contributed by atoms with Crippen LogP contribution in [0.4, 0.5) is 0 Å². The van der Waals surface area contributed by atoms with Crippen molar-refractivity contribution in [3.8, 4) is 40.2 Å². The Morgan fingerprint density at radius 3 is 2.06 bits per heavy atom. The molecule has 0 unspecified atom stereocenters. The van der Waals surface area contributed by atoms with Gasteiger partial charge in [0, 0.05) is 17.1 Å².